The highest BCUT2D eigenvalue weighted by molar-refractivity contribution is 5.48. The van der Waals surface area contributed by atoms with E-state index in [2.05, 4.69) is 0 Å². The Hall–Kier alpha value is -1.57. The van der Waals surface area contributed by atoms with Crippen LogP contribution in [0.25, 0.3) is 0 Å². The molecule has 0 aromatic heterocycles. The van der Waals surface area contributed by atoms with Crippen LogP contribution in [0.5, 0.6) is 5.75 Å². The Labute approximate surface area is 84.2 Å². The molecule has 1 aromatic carbocycles. The highest BCUT2D eigenvalue weighted by Gasteiger charge is 1.85. The zero-order valence-corrected chi connectivity index (χ0v) is 8.06. The predicted molar refractivity (Wildman–Crippen MR) is 56.1 cm³/mol. The van der Waals surface area contributed by atoms with E-state index in [9.17, 15) is 4.79 Å². The molecule has 0 fully saturated rings. The van der Waals surface area contributed by atoms with E-state index in [1.807, 2.05) is 36.4 Å². The smallest absolute Gasteiger partial charge is 0.126 e. The van der Waals surface area contributed by atoms with Gasteiger partial charge in [-0.3, -0.25) is 0 Å². The molecule has 0 atom stereocenters. The molecular weight excluding hydrogens is 176 g/mol. The van der Waals surface area contributed by atoms with Gasteiger partial charge in [0.1, 0.15) is 12.0 Å². The van der Waals surface area contributed by atoms with Crippen LogP contribution in [0.3, 0.4) is 0 Å². The summed E-state index contributed by atoms with van der Waals surface area (Å²) in [5.41, 5.74) is 0. The molecule has 0 aliphatic heterocycles. The quantitative estimate of drug-likeness (QED) is 0.391. The lowest BCUT2D eigenvalue weighted by Gasteiger charge is -1.97. The predicted octanol–water partition coefficient (Wildman–Crippen LogP) is 2.95. The van der Waals surface area contributed by atoms with Gasteiger partial charge in [-0.05, 0) is 31.1 Å². The summed E-state index contributed by atoms with van der Waals surface area (Å²) in [6.45, 7) is 0. The second-order valence-electron chi connectivity index (χ2n) is 2.90. The van der Waals surface area contributed by atoms with Crippen LogP contribution in [0.2, 0.25) is 0 Å². The van der Waals surface area contributed by atoms with E-state index in [0.717, 1.165) is 24.9 Å². The third-order valence-corrected chi connectivity index (χ3v) is 1.74. The van der Waals surface area contributed by atoms with Crippen molar-refractivity contribution in [3.8, 4) is 5.75 Å². The molecular formula is C12H14O2. The monoisotopic (exact) mass is 190 g/mol. The van der Waals surface area contributed by atoms with Crippen LogP contribution in [0, 0.1) is 0 Å². The molecule has 0 heterocycles. The molecule has 0 bridgehead atoms. The average Bonchev–Trinajstić information content (AvgIpc) is 2.25. The van der Waals surface area contributed by atoms with E-state index in [1.165, 1.54) is 0 Å². The standard InChI is InChI=1S/C12H14O2/c13-10-6-1-2-7-11-14-12-8-4-3-5-9-12/h3-5,7-11H,1-2,6H2/b11-7+. The summed E-state index contributed by atoms with van der Waals surface area (Å²) >= 11 is 0. The number of carbonyl (C=O) groups excluding carboxylic acids is 1. The number of hydrogen-bond acceptors (Lipinski definition) is 2. The molecule has 0 spiro atoms. The largest absolute Gasteiger partial charge is 0.465 e. The zero-order valence-electron chi connectivity index (χ0n) is 8.06. The topological polar surface area (TPSA) is 26.3 Å². The molecule has 1 aromatic rings. The van der Waals surface area contributed by atoms with Crippen molar-refractivity contribution in [1.29, 1.82) is 0 Å². The number of allylic oxidation sites excluding steroid dienone is 1. The molecule has 2 nitrogen and oxygen atoms in total. The lowest BCUT2D eigenvalue weighted by atomic mass is 10.2. The molecule has 0 aliphatic carbocycles. The zero-order chi connectivity index (χ0) is 10.1. The van der Waals surface area contributed by atoms with Crippen molar-refractivity contribution in [2.45, 2.75) is 19.3 Å². The Balaban J connectivity index is 2.17. The van der Waals surface area contributed by atoms with Crippen LogP contribution in [0.1, 0.15) is 19.3 Å². The number of aldehydes is 1. The van der Waals surface area contributed by atoms with E-state index in [4.69, 9.17) is 4.74 Å². The molecule has 1 rings (SSSR count). The van der Waals surface area contributed by atoms with Crippen LogP contribution < -0.4 is 4.74 Å². The Morgan fingerprint density at radius 1 is 1.14 bits per heavy atom. The summed E-state index contributed by atoms with van der Waals surface area (Å²) in [6, 6.07) is 9.59. The van der Waals surface area contributed by atoms with Crippen molar-refractivity contribution in [2.24, 2.45) is 0 Å². The summed E-state index contributed by atoms with van der Waals surface area (Å²) in [6.07, 6.45) is 6.92. The maximum Gasteiger partial charge on any atom is 0.126 e. The Kier molecular flexibility index (Phi) is 5.18. The van der Waals surface area contributed by atoms with Gasteiger partial charge in [0.25, 0.3) is 0 Å². The van der Waals surface area contributed by atoms with Gasteiger partial charge >= 0.3 is 0 Å². The van der Waals surface area contributed by atoms with Crippen LogP contribution in [-0.2, 0) is 4.79 Å². The van der Waals surface area contributed by atoms with Gasteiger partial charge in [-0.15, -0.1) is 0 Å². The fraction of sp³-hybridized carbons (Fsp3) is 0.250. The molecule has 0 N–H and O–H groups in total. The molecule has 0 aliphatic rings. The van der Waals surface area contributed by atoms with E-state index in [-0.39, 0.29) is 0 Å². The second-order valence-corrected chi connectivity index (χ2v) is 2.90. The minimum atomic E-state index is 0.621. The molecule has 0 amide bonds. The summed E-state index contributed by atoms with van der Waals surface area (Å²) < 4.78 is 5.32. The first-order valence-electron chi connectivity index (χ1n) is 4.74. The molecule has 0 radical (unpaired) electrons. The number of rotatable bonds is 6. The minimum absolute atomic E-state index is 0.621. The summed E-state index contributed by atoms with van der Waals surface area (Å²) in [7, 11) is 0. The lowest BCUT2D eigenvalue weighted by Crippen LogP contribution is -1.81. The number of para-hydroxylation sites is 1. The van der Waals surface area contributed by atoms with Crippen LogP contribution in [0.4, 0.5) is 0 Å². The van der Waals surface area contributed by atoms with Crippen LogP contribution in [0.15, 0.2) is 42.7 Å². The third kappa shape index (κ3) is 4.45. The van der Waals surface area contributed by atoms with Gasteiger partial charge in [-0.1, -0.05) is 18.2 Å². The summed E-state index contributed by atoms with van der Waals surface area (Å²) in [5.74, 6) is 0.833. The highest BCUT2D eigenvalue weighted by atomic mass is 16.5. The van der Waals surface area contributed by atoms with Gasteiger partial charge in [-0.25, -0.2) is 0 Å². The number of benzene rings is 1. The first-order chi connectivity index (χ1) is 6.93. The molecule has 0 unspecified atom stereocenters. The van der Waals surface area contributed by atoms with Crippen molar-refractivity contribution in [1.82, 2.24) is 0 Å². The van der Waals surface area contributed by atoms with Gasteiger partial charge in [0.15, 0.2) is 0 Å². The van der Waals surface area contributed by atoms with E-state index in [1.54, 1.807) is 6.26 Å². The van der Waals surface area contributed by atoms with Crippen molar-refractivity contribution in [3.63, 3.8) is 0 Å². The fourth-order valence-corrected chi connectivity index (χ4v) is 1.01. The first kappa shape index (κ1) is 10.5. The van der Waals surface area contributed by atoms with Gasteiger partial charge in [-0.2, -0.15) is 0 Å². The molecule has 2 heteroatoms. The first-order valence-corrected chi connectivity index (χ1v) is 4.74. The second kappa shape index (κ2) is 6.89. The maximum absolute atomic E-state index is 10.0. The van der Waals surface area contributed by atoms with Crippen molar-refractivity contribution in [3.05, 3.63) is 42.7 Å². The molecule has 0 saturated heterocycles. The Bertz CT molecular complexity index is 278. The highest BCUT2D eigenvalue weighted by Crippen LogP contribution is 2.08. The summed E-state index contributed by atoms with van der Waals surface area (Å²) in [4.78, 5) is 10.0. The Morgan fingerprint density at radius 2 is 1.93 bits per heavy atom. The Morgan fingerprint density at radius 3 is 2.64 bits per heavy atom. The van der Waals surface area contributed by atoms with Crippen molar-refractivity contribution < 1.29 is 9.53 Å². The SMILES string of the molecule is O=CCCC/C=C/Oc1ccccc1. The maximum atomic E-state index is 10.0. The summed E-state index contributed by atoms with van der Waals surface area (Å²) in [5, 5.41) is 0. The van der Waals surface area contributed by atoms with E-state index >= 15 is 0 Å². The van der Waals surface area contributed by atoms with Gasteiger partial charge in [0, 0.05) is 6.42 Å². The number of unbranched alkanes of at least 4 members (excludes halogenated alkanes) is 2. The van der Waals surface area contributed by atoms with Gasteiger partial charge in [0.2, 0.25) is 0 Å². The normalized spacial score (nSPS) is 10.3. The molecule has 14 heavy (non-hydrogen) atoms. The third-order valence-electron chi connectivity index (χ3n) is 1.74. The number of ether oxygens (including phenoxy) is 1. The minimum Gasteiger partial charge on any atom is -0.465 e. The molecule has 0 saturated carbocycles. The van der Waals surface area contributed by atoms with Crippen LogP contribution >= 0.6 is 0 Å². The van der Waals surface area contributed by atoms with E-state index < -0.39 is 0 Å². The molecule has 74 valence electrons. The van der Waals surface area contributed by atoms with Gasteiger partial charge < -0.3 is 9.53 Å². The number of carbonyl (C=O) groups is 1. The lowest BCUT2D eigenvalue weighted by molar-refractivity contribution is -0.107. The van der Waals surface area contributed by atoms with E-state index in [0.29, 0.717) is 6.42 Å². The van der Waals surface area contributed by atoms with Crippen molar-refractivity contribution in [2.75, 3.05) is 0 Å². The van der Waals surface area contributed by atoms with Crippen LogP contribution in [-0.4, -0.2) is 6.29 Å². The van der Waals surface area contributed by atoms with Gasteiger partial charge in [0.05, 0.1) is 6.26 Å². The van der Waals surface area contributed by atoms with Crippen molar-refractivity contribution >= 4 is 6.29 Å². The number of hydrogen-bond donors (Lipinski definition) is 0. The average molecular weight is 190 g/mol. The fourth-order valence-electron chi connectivity index (χ4n) is 1.01.